The highest BCUT2D eigenvalue weighted by molar-refractivity contribution is 7.98. The van der Waals surface area contributed by atoms with E-state index in [-0.39, 0.29) is 5.56 Å². The monoisotopic (exact) mass is 399 g/mol. The molecule has 28 heavy (non-hydrogen) atoms. The molecule has 0 radical (unpaired) electrons. The van der Waals surface area contributed by atoms with Crippen molar-refractivity contribution >= 4 is 28.6 Å². The van der Waals surface area contributed by atoms with Gasteiger partial charge in [0.25, 0.3) is 5.56 Å². The van der Waals surface area contributed by atoms with E-state index in [0.29, 0.717) is 23.4 Å². The Kier molecular flexibility index (Phi) is 7.14. The van der Waals surface area contributed by atoms with Gasteiger partial charge in [0.15, 0.2) is 5.52 Å². The second-order valence-corrected chi connectivity index (χ2v) is 8.07. The molecule has 3 rings (SSSR count). The van der Waals surface area contributed by atoms with Crippen molar-refractivity contribution in [2.75, 3.05) is 17.3 Å². The fraction of sp³-hybridized carbons (Fsp3) is 0.476. The number of fused-ring (bicyclic) bond motifs is 1. The van der Waals surface area contributed by atoms with Crippen LogP contribution in [0, 0.1) is 6.92 Å². The van der Waals surface area contributed by atoms with Crippen LogP contribution in [0.25, 0.3) is 11.0 Å². The van der Waals surface area contributed by atoms with Crippen LogP contribution in [0.15, 0.2) is 29.1 Å². The van der Waals surface area contributed by atoms with E-state index < -0.39 is 0 Å². The minimum atomic E-state index is -0.146. The second-order valence-electron chi connectivity index (χ2n) is 7.08. The number of unbranched alkanes of at least 4 members (excludes halogenated alkanes) is 2. The summed E-state index contributed by atoms with van der Waals surface area (Å²) in [6.45, 7) is 5.67. The van der Waals surface area contributed by atoms with Crippen molar-refractivity contribution in [1.82, 2.24) is 20.0 Å². The van der Waals surface area contributed by atoms with Crippen molar-refractivity contribution in [3.05, 3.63) is 51.3 Å². The van der Waals surface area contributed by atoms with Gasteiger partial charge in [-0.1, -0.05) is 36.8 Å². The average Bonchev–Trinajstić information content (AvgIpc) is 3.10. The Labute approximate surface area is 170 Å². The Balaban J connectivity index is 1.68. The molecule has 2 N–H and O–H groups in total. The van der Waals surface area contributed by atoms with Gasteiger partial charge in [0.2, 0.25) is 0 Å². The number of aromatic amines is 1. The number of nitrogens with one attached hydrogen (secondary N) is 2. The maximum Gasteiger partial charge on any atom is 0.277 e. The summed E-state index contributed by atoms with van der Waals surface area (Å²) >= 11 is 1.86. The Morgan fingerprint density at radius 2 is 2.07 bits per heavy atom. The molecule has 0 amide bonds. The zero-order valence-corrected chi connectivity index (χ0v) is 17.7. The van der Waals surface area contributed by atoms with Crippen LogP contribution in [0.3, 0.4) is 0 Å². The van der Waals surface area contributed by atoms with Gasteiger partial charge in [0.1, 0.15) is 11.3 Å². The van der Waals surface area contributed by atoms with Crippen LogP contribution < -0.4 is 10.9 Å². The third-order valence-electron chi connectivity index (χ3n) is 5.00. The van der Waals surface area contributed by atoms with Gasteiger partial charge in [-0.15, -0.1) is 5.10 Å². The van der Waals surface area contributed by atoms with Gasteiger partial charge >= 0.3 is 0 Å². The summed E-state index contributed by atoms with van der Waals surface area (Å²) in [5.74, 6) is 1.84. The Hall–Kier alpha value is -2.28. The van der Waals surface area contributed by atoms with E-state index in [2.05, 4.69) is 58.9 Å². The summed E-state index contributed by atoms with van der Waals surface area (Å²) in [5, 5.41) is 11.7. The predicted molar refractivity (Wildman–Crippen MR) is 118 cm³/mol. The van der Waals surface area contributed by atoms with Crippen LogP contribution >= 0.6 is 11.8 Å². The maximum atomic E-state index is 12.6. The molecule has 2 aromatic heterocycles. The van der Waals surface area contributed by atoms with Gasteiger partial charge in [-0.3, -0.25) is 4.79 Å². The molecule has 6 nitrogen and oxygen atoms in total. The lowest BCUT2D eigenvalue weighted by molar-refractivity contribution is 0.550. The van der Waals surface area contributed by atoms with Crippen molar-refractivity contribution in [1.29, 1.82) is 0 Å². The first kappa shape index (κ1) is 20.5. The van der Waals surface area contributed by atoms with Crippen LogP contribution in [0.5, 0.6) is 0 Å². The molecule has 150 valence electrons. The number of aryl methyl sites for hydroxylation is 3. The number of rotatable bonds is 10. The molecule has 0 atom stereocenters. The summed E-state index contributed by atoms with van der Waals surface area (Å²) in [4.78, 5) is 15.5. The number of hydrogen-bond donors (Lipinski definition) is 2. The fourth-order valence-electron chi connectivity index (χ4n) is 3.36. The van der Waals surface area contributed by atoms with Gasteiger partial charge in [0, 0.05) is 19.2 Å². The SMILES string of the molecule is CCc1cc(CNc2cc3nnn(CCCCCSC)c3c(=O)[nH]2)ccc1C. The first-order chi connectivity index (χ1) is 13.6. The largest absolute Gasteiger partial charge is 0.367 e. The van der Waals surface area contributed by atoms with Gasteiger partial charge < -0.3 is 10.3 Å². The molecular formula is C21H29N5OS. The fourth-order valence-corrected chi connectivity index (χ4v) is 3.85. The minimum absolute atomic E-state index is 0.146. The molecule has 2 heterocycles. The van der Waals surface area contributed by atoms with Gasteiger partial charge in [-0.25, -0.2) is 4.68 Å². The van der Waals surface area contributed by atoms with Crippen molar-refractivity contribution in [2.45, 2.75) is 52.6 Å². The minimum Gasteiger partial charge on any atom is -0.367 e. The van der Waals surface area contributed by atoms with Crippen LogP contribution in [0.4, 0.5) is 5.82 Å². The molecule has 3 aromatic rings. The normalized spacial score (nSPS) is 11.2. The quantitative estimate of drug-likeness (QED) is 0.501. The van der Waals surface area contributed by atoms with E-state index in [1.807, 2.05) is 17.8 Å². The molecule has 1 aromatic carbocycles. The van der Waals surface area contributed by atoms with E-state index in [9.17, 15) is 4.79 Å². The molecule has 0 aliphatic heterocycles. The number of pyridine rings is 1. The first-order valence-electron chi connectivity index (χ1n) is 9.90. The molecule has 0 unspecified atom stereocenters. The Bertz CT molecular complexity index is 979. The Morgan fingerprint density at radius 3 is 2.86 bits per heavy atom. The summed E-state index contributed by atoms with van der Waals surface area (Å²) in [6, 6.07) is 8.34. The topological polar surface area (TPSA) is 75.6 Å². The summed E-state index contributed by atoms with van der Waals surface area (Å²) in [7, 11) is 0. The molecule has 0 saturated carbocycles. The maximum absolute atomic E-state index is 12.6. The number of aromatic nitrogens is 4. The number of benzene rings is 1. The van der Waals surface area contributed by atoms with Crippen molar-refractivity contribution in [3.63, 3.8) is 0 Å². The Morgan fingerprint density at radius 1 is 1.21 bits per heavy atom. The van der Waals surface area contributed by atoms with E-state index in [0.717, 1.165) is 25.8 Å². The second kappa shape index (κ2) is 9.78. The molecule has 7 heteroatoms. The summed E-state index contributed by atoms with van der Waals surface area (Å²) in [5.41, 5.74) is 4.90. The standard InChI is InChI=1S/C21H29N5OS/c1-4-17-12-16(9-8-15(17)2)14-22-19-13-18-20(21(27)23-19)26(25-24-18)10-6-5-7-11-28-3/h8-9,12-13H,4-7,10-11,14H2,1-3H3,(H2,22,23,27). The molecule has 0 fully saturated rings. The van der Waals surface area contributed by atoms with Crippen LogP contribution in [0.2, 0.25) is 0 Å². The van der Waals surface area contributed by atoms with Gasteiger partial charge in [-0.2, -0.15) is 11.8 Å². The highest BCUT2D eigenvalue weighted by Crippen LogP contribution is 2.15. The number of thioether (sulfide) groups is 1. The highest BCUT2D eigenvalue weighted by Gasteiger charge is 2.10. The van der Waals surface area contributed by atoms with Crippen molar-refractivity contribution in [2.24, 2.45) is 0 Å². The lowest BCUT2D eigenvalue weighted by atomic mass is 10.0. The highest BCUT2D eigenvalue weighted by atomic mass is 32.2. The average molecular weight is 400 g/mol. The first-order valence-corrected chi connectivity index (χ1v) is 11.3. The van der Waals surface area contributed by atoms with E-state index in [4.69, 9.17) is 0 Å². The van der Waals surface area contributed by atoms with Gasteiger partial charge in [0.05, 0.1) is 0 Å². The molecule has 0 spiro atoms. The predicted octanol–water partition coefficient (Wildman–Crippen LogP) is 4.14. The van der Waals surface area contributed by atoms with E-state index >= 15 is 0 Å². The third kappa shape index (κ3) is 4.95. The smallest absolute Gasteiger partial charge is 0.277 e. The third-order valence-corrected chi connectivity index (χ3v) is 5.70. The summed E-state index contributed by atoms with van der Waals surface area (Å²) < 4.78 is 1.73. The zero-order valence-electron chi connectivity index (χ0n) is 16.9. The summed E-state index contributed by atoms with van der Waals surface area (Å²) in [6.07, 6.45) is 6.47. The van der Waals surface area contributed by atoms with Gasteiger partial charge in [-0.05, 0) is 54.9 Å². The molecule has 0 aliphatic rings. The van der Waals surface area contributed by atoms with Crippen molar-refractivity contribution in [3.8, 4) is 0 Å². The lowest BCUT2D eigenvalue weighted by Crippen LogP contribution is -2.14. The van der Waals surface area contributed by atoms with Crippen LogP contribution in [-0.4, -0.2) is 32.0 Å². The zero-order chi connectivity index (χ0) is 19.9. The number of anilines is 1. The number of nitrogens with zero attached hydrogens (tertiary/aromatic N) is 3. The number of hydrogen-bond acceptors (Lipinski definition) is 5. The number of H-pyrrole nitrogens is 1. The van der Waals surface area contributed by atoms with Crippen molar-refractivity contribution < 1.29 is 0 Å². The lowest BCUT2D eigenvalue weighted by Gasteiger charge is -2.09. The van der Waals surface area contributed by atoms with E-state index in [1.165, 1.54) is 28.9 Å². The molecule has 0 saturated heterocycles. The van der Waals surface area contributed by atoms with Crippen LogP contribution in [0.1, 0.15) is 42.9 Å². The van der Waals surface area contributed by atoms with Crippen LogP contribution in [-0.2, 0) is 19.5 Å². The van der Waals surface area contributed by atoms with E-state index in [1.54, 1.807) is 4.68 Å². The molecule has 0 aliphatic carbocycles. The molecular weight excluding hydrogens is 370 g/mol. The molecule has 0 bridgehead atoms.